The van der Waals surface area contributed by atoms with Gasteiger partial charge in [0.05, 0.1) is 7.11 Å². The molecule has 1 aromatic heterocycles. The molecule has 0 saturated heterocycles. The zero-order valence-corrected chi connectivity index (χ0v) is 7.48. The minimum absolute atomic E-state index is 0.345. The Kier molecular flexibility index (Phi) is 1.89. The third-order valence-electron chi connectivity index (χ3n) is 1.93. The molecule has 4 nitrogen and oxygen atoms in total. The lowest BCUT2D eigenvalue weighted by Gasteiger charge is -2.02. The van der Waals surface area contributed by atoms with Crippen LogP contribution in [0.2, 0.25) is 0 Å². The van der Waals surface area contributed by atoms with E-state index in [-0.39, 0.29) is 0 Å². The fraction of sp³-hybridized carbons (Fsp3) is 0.100. The minimum Gasteiger partial charge on any atom is -0.502 e. The van der Waals surface area contributed by atoms with E-state index in [2.05, 4.69) is 0 Å². The predicted molar refractivity (Wildman–Crippen MR) is 50.7 cm³/mol. The van der Waals surface area contributed by atoms with Crippen molar-refractivity contribution in [1.29, 1.82) is 0 Å². The maximum absolute atomic E-state index is 11.0. The van der Waals surface area contributed by atoms with Gasteiger partial charge in [0.15, 0.2) is 11.3 Å². The van der Waals surface area contributed by atoms with Crippen LogP contribution in [-0.4, -0.2) is 12.2 Å². The van der Waals surface area contributed by atoms with Crippen LogP contribution >= 0.6 is 0 Å². The number of methoxy groups -OCH3 is 1. The van der Waals surface area contributed by atoms with Gasteiger partial charge in [-0.15, -0.1) is 0 Å². The Morgan fingerprint density at radius 3 is 2.93 bits per heavy atom. The van der Waals surface area contributed by atoms with Crippen molar-refractivity contribution in [2.75, 3.05) is 7.11 Å². The van der Waals surface area contributed by atoms with Crippen molar-refractivity contribution in [3.05, 3.63) is 34.7 Å². The fourth-order valence-electron chi connectivity index (χ4n) is 1.27. The second-order valence-corrected chi connectivity index (χ2v) is 2.80. The zero-order chi connectivity index (χ0) is 10.1. The van der Waals surface area contributed by atoms with E-state index in [1.807, 2.05) is 0 Å². The van der Waals surface area contributed by atoms with E-state index in [9.17, 15) is 4.79 Å². The fourth-order valence-corrected chi connectivity index (χ4v) is 1.27. The SMILES string of the molecule is COc1cccc2cc(O)c(=O)oc12. The van der Waals surface area contributed by atoms with Crippen molar-refractivity contribution in [3.63, 3.8) is 0 Å². The summed E-state index contributed by atoms with van der Waals surface area (Å²) in [6, 6.07) is 6.51. The Morgan fingerprint density at radius 1 is 1.43 bits per heavy atom. The van der Waals surface area contributed by atoms with Crippen LogP contribution in [0.4, 0.5) is 0 Å². The molecule has 72 valence electrons. The lowest BCUT2D eigenvalue weighted by atomic mass is 10.2. The third-order valence-corrected chi connectivity index (χ3v) is 1.93. The van der Waals surface area contributed by atoms with Crippen molar-refractivity contribution in [2.45, 2.75) is 0 Å². The number of para-hydroxylation sites is 1. The molecule has 0 unspecified atom stereocenters. The number of benzene rings is 1. The van der Waals surface area contributed by atoms with Gasteiger partial charge >= 0.3 is 5.63 Å². The van der Waals surface area contributed by atoms with Crippen LogP contribution in [0.1, 0.15) is 0 Å². The number of hydrogen-bond acceptors (Lipinski definition) is 4. The monoisotopic (exact) mass is 192 g/mol. The molecule has 4 heteroatoms. The normalized spacial score (nSPS) is 10.4. The highest BCUT2D eigenvalue weighted by Gasteiger charge is 2.07. The summed E-state index contributed by atoms with van der Waals surface area (Å²) in [5.74, 6) is 0.0744. The molecular weight excluding hydrogens is 184 g/mol. The van der Waals surface area contributed by atoms with Gasteiger partial charge in [0, 0.05) is 5.39 Å². The highest BCUT2D eigenvalue weighted by atomic mass is 16.5. The summed E-state index contributed by atoms with van der Waals surface area (Å²) in [6.45, 7) is 0. The Labute approximate surface area is 79.4 Å². The molecular formula is C10H8O4. The van der Waals surface area contributed by atoms with Crippen molar-refractivity contribution in [3.8, 4) is 11.5 Å². The van der Waals surface area contributed by atoms with E-state index in [0.717, 1.165) is 0 Å². The molecule has 0 spiro atoms. The zero-order valence-electron chi connectivity index (χ0n) is 7.48. The molecule has 2 aromatic rings. The summed E-state index contributed by atoms with van der Waals surface area (Å²) in [5, 5.41) is 9.76. The summed E-state index contributed by atoms with van der Waals surface area (Å²) in [5.41, 5.74) is -0.417. The molecule has 0 atom stereocenters. The van der Waals surface area contributed by atoms with Gasteiger partial charge in [-0.05, 0) is 12.1 Å². The maximum atomic E-state index is 11.0. The first-order valence-corrected chi connectivity index (χ1v) is 4.02. The van der Waals surface area contributed by atoms with Gasteiger partial charge in [0.25, 0.3) is 0 Å². The number of hydrogen-bond donors (Lipinski definition) is 1. The quantitative estimate of drug-likeness (QED) is 0.695. The van der Waals surface area contributed by atoms with Crippen LogP contribution in [0.3, 0.4) is 0 Å². The number of rotatable bonds is 1. The summed E-state index contributed by atoms with van der Waals surface area (Å²) in [6.07, 6.45) is 0. The molecule has 2 rings (SSSR count). The van der Waals surface area contributed by atoms with Gasteiger partial charge in [-0.25, -0.2) is 4.79 Å². The molecule has 0 aliphatic rings. The second kappa shape index (κ2) is 3.06. The first kappa shape index (κ1) is 8.62. The van der Waals surface area contributed by atoms with Crippen LogP contribution in [0.5, 0.6) is 11.5 Å². The number of aromatic hydroxyl groups is 1. The van der Waals surface area contributed by atoms with Crippen molar-refractivity contribution in [2.24, 2.45) is 0 Å². The highest BCUT2D eigenvalue weighted by molar-refractivity contribution is 5.83. The van der Waals surface area contributed by atoms with Crippen LogP contribution in [0.15, 0.2) is 33.5 Å². The molecule has 0 bridgehead atoms. The topological polar surface area (TPSA) is 59.7 Å². The van der Waals surface area contributed by atoms with E-state index < -0.39 is 11.4 Å². The van der Waals surface area contributed by atoms with Crippen LogP contribution in [-0.2, 0) is 0 Å². The molecule has 0 amide bonds. The standard InChI is InChI=1S/C10H8O4/c1-13-8-4-2-3-6-5-7(11)10(12)14-9(6)8/h2-5,11H,1H3. The van der Waals surface area contributed by atoms with E-state index >= 15 is 0 Å². The number of fused-ring (bicyclic) bond motifs is 1. The van der Waals surface area contributed by atoms with Gasteiger partial charge < -0.3 is 14.3 Å². The first-order chi connectivity index (χ1) is 6.72. The molecule has 1 heterocycles. The predicted octanol–water partition coefficient (Wildman–Crippen LogP) is 1.51. The van der Waals surface area contributed by atoms with Crippen LogP contribution in [0.25, 0.3) is 11.0 Å². The van der Waals surface area contributed by atoms with Crippen molar-refractivity contribution >= 4 is 11.0 Å². The Bertz CT molecular complexity index is 527. The first-order valence-electron chi connectivity index (χ1n) is 4.02. The average molecular weight is 192 g/mol. The molecule has 14 heavy (non-hydrogen) atoms. The van der Waals surface area contributed by atoms with Crippen molar-refractivity contribution < 1.29 is 14.3 Å². The van der Waals surface area contributed by atoms with Crippen LogP contribution < -0.4 is 10.4 Å². The molecule has 1 aromatic carbocycles. The van der Waals surface area contributed by atoms with Crippen molar-refractivity contribution in [1.82, 2.24) is 0 Å². The third kappa shape index (κ3) is 1.21. The largest absolute Gasteiger partial charge is 0.502 e. The average Bonchev–Trinajstić information content (AvgIpc) is 2.19. The molecule has 0 fully saturated rings. The summed E-state index contributed by atoms with van der Waals surface area (Å²) in [7, 11) is 1.49. The Hall–Kier alpha value is -1.97. The number of ether oxygens (including phenoxy) is 1. The van der Waals surface area contributed by atoms with E-state index in [0.29, 0.717) is 16.7 Å². The molecule has 1 N–H and O–H groups in total. The summed E-state index contributed by atoms with van der Waals surface area (Å²) < 4.78 is 9.89. The lowest BCUT2D eigenvalue weighted by Crippen LogP contribution is -1.98. The molecule has 0 aliphatic heterocycles. The van der Waals surface area contributed by atoms with Gasteiger partial charge in [-0.1, -0.05) is 12.1 Å². The van der Waals surface area contributed by atoms with E-state index in [1.54, 1.807) is 18.2 Å². The smallest absolute Gasteiger partial charge is 0.378 e. The molecule has 0 saturated carbocycles. The Morgan fingerprint density at radius 2 is 2.21 bits per heavy atom. The summed E-state index contributed by atoms with van der Waals surface area (Å²) in [4.78, 5) is 11.0. The molecule has 0 aliphatic carbocycles. The van der Waals surface area contributed by atoms with E-state index in [4.69, 9.17) is 14.3 Å². The minimum atomic E-state index is -0.762. The lowest BCUT2D eigenvalue weighted by molar-refractivity contribution is 0.396. The second-order valence-electron chi connectivity index (χ2n) is 2.80. The van der Waals surface area contributed by atoms with Crippen LogP contribution in [0, 0.1) is 0 Å². The van der Waals surface area contributed by atoms with Gasteiger partial charge in [0.2, 0.25) is 5.75 Å². The van der Waals surface area contributed by atoms with Gasteiger partial charge in [-0.3, -0.25) is 0 Å². The molecule has 0 radical (unpaired) electrons. The highest BCUT2D eigenvalue weighted by Crippen LogP contribution is 2.25. The summed E-state index contributed by atoms with van der Waals surface area (Å²) >= 11 is 0. The Balaban J connectivity index is 2.88. The van der Waals surface area contributed by atoms with Gasteiger partial charge in [-0.2, -0.15) is 0 Å². The van der Waals surface area contributed by atoms with E-state index in [1.165, 1.54) is 13.2 Å². The van der Waals surface area contributed by atoms with Gasteiger partial charge in [0.1, 0.15) is 0 Å². The maximum Gasteiger partial charge on any atom is 0.378 e.